The first-order chi connectivity index (χ1) is 12.1. The van der Waals surface area contributed by atoms with Gasteiger partial charge >= 0.3 is 0 Å². The molecule has 4 rings (SSSR count). The fourth-order valence-corrected chi connectivity index (χ4v) is 2.98. The van der Waals surface area contributed by atoms with Crippen LogP contribution >= 0.6 is 0 Å². The number of nitrogens with one attached hydrogen (secondary N) is 3. The zero-order valence-electron chi connectivity index (χ0n) is 14.5. The number of benzene rings is 1. The lowest BCUT2D eigenvalue weighted by Crippen LogP contribution is -2.25. The van der Waals surface area contributed by atoms with Gasteiger partial charge in [0.25, 0.3) is 5.91 Å². The molecular weight excluding hydrogens is 312 g/mol. The molecule has 3 aromatic rings. The van der Waals surface area contributed by atoms with Crippen molar-refractivity contribution in [2.45, 2.75) is 39.3 Å². The standard InChI is InChI=1S/C20H22N4O/c1-12-13(2)23-18-6-3-14(9-17(12)18)11-22-19-10-15(7-8-21-19)20(25)24-16-4-5-16/h3,6-10,16,23H,4-5,11H2,1-2H3,(H,21,22)(H,24,25). The van der Waals surface area contributed by atoms with Crippen molar-refractivity contribution in [3.05, 3.63) is 58.9 Å². The van der Waals surface area contributed by atoms with Gasteiger partial charge in [0.15, 0.2) is 0 Å². The van der Waals surface area contributed by atoms with E-state index in [2.05, 4.69) is 52.6 Å². The van der Waals surface area contributed by atoms with Crippen LogP contribution in [0.4, 0.5) is 5.82 Å². The molecule has 2 heterocycles. The van der Waals surface area contributed by atoms with Crippen LogP contribution in [0, 0.1) is 13.8 Å². The molecule has 0 bridgehead atoms. The lowest BCUT2D eigenvalue weighted by atomic mass is 10.1. The highest BCUT2D eigenvalue weighted by Crippen LogP contribution is 2.23. The maximum absolute atomic E-state index is 12.1. The molecule has 0 unspecified atom stereocenters. The molecule has 25 heavy (non-hydrogen) atoms. The van der Waals surface area contributed by atoms with Gasteiger partial charge in [-0.15, -0.1) is 0 Å². The third kappa shape index (κ3) is 3.36. The Morgan fingerprint density at radius 3 is 2.88 bits per heavy atom. The van der Waals surface area contributed by atoms with Gasteiger partial charge in [-0.2, -0.15) is 0 Å². The Balaban J connectivity index is 1.47. The minimum atomic E-state index is -0.0206. The Labute approximate surface area is 146 Å². The van der Waals surface area contributed by atoms with E-state index >= 15 is 0 Å². The first kappa shape index (κ1) is 15.7. The van der Waals surface area contributed by atoms with Gasteiger partial charge in [0.1, 0.15) is 5.82 Å². The molecule has 2 aromatic heterocycles. The normalized spacial score (nSPS) is 13.8. The van der Waals surface area contributed by atoms with Crippen molar-refractivity contribution in [3.8, 4) is 0 Å². The quantitative estimate of drug-likeness (QED) is 0.666. The van der Waals surface area contributed by atoms with Crippen LogP contribution in [0.15, 0.2) is 36.5 Å². The summed E-state index contributed by atoms with van der Waals surface area (Å²) in [7, 11) is 0. The van der Waals surface area contributed by atoms with Crippen LogP contribution in [-0.4, -0.2) is 21.9 Å². The number of anilines is 1. The SMILES string of the molecule is Cc1[nH]c2ccc(CNc3cc(C(=O)NC4CC4)ccn3)cc2c1C. The molecule has 1 aliphatic carbocycles. The van der Waals surface area contributed by atoms with E-state index in [9.17, 15) is 4.79 Å². The largest absolute Gasteiger partial charge is 0.366 e. The number of H-pyrrole nitrogens is 1. The van der Waals surface area contributed by atoms with Crippen molar-refractivity contribution < 1.29 is 4.79 Å². The van der Waals surface area contributed by atoms with E-state index in [4.69, 9.17) is 0 Å². The summed E-state index contributed by atoms with van der Waals surface area (Å²) in [5.74, 6) is 0.693. The van der Waals surface area contributed by atoms with Gasteiger partial charge in [-0.3, -0.25) is 4.79 Å². The van der Waals surface area contributed by atoms with Crippen molar-refractivity contribution in [3.63, 3.8) is 0 Å². The first-order valence-electron chi connectivity index (χ1n) is 8.69. The van der Waals surface area contributed by atoms with E-state index in [1.807, 2.05) is 6.07 Å². The molecule has 128 valence electrons. The zero-order valence-corrected chi connectivity index (χ0v) is 14.5. The summed E-state index contributed by atoms with van der Waals surface area (Å²) < 4.78 is 0. The van der Waals surface area contributed by atoms with Crippen LogP contribution < -0.4 is 10.6 Å². The maximum atomic E-state index is 12.1. The third-order valence-electron chi connectivity index (χ3n) is 4.78. The van der Waals surface area contributed by atoms with Crippen molar-refractivity contribution >= 4 is 22.6 Å². The van der Waals surface area contributed by atoms with Crippen LogP contribution in [0.25, 0.3) is 10.9 Å². The van der Waals surface area contributed by atoms with Crippen LogP contribution in [-0.2, 0) is 6.54 Å². The van der Waals surface area contributed by atoms with Crippen molar-refractivity contribution in [2.75, 3.05) is 5.32 Å². The fraction of sp³-hybridized carbons (Fsp3) is 0.300. The number of hydrogen-bond donors (Lipinski definition) is 3. The smallest absolute Gasteiger partial charge is 0.251 e. The molecule has 1 saturated carbocycles. The molecule has 0 aliphatic heterocycles. The molecule has 5 nitrogen and oxygen atoms in total. The van der Waals surface area contributed by atoms with E-state index in [1.54, 1.807) is 12.3 Å². The second-order valence-corrected chi connectivity index (χ2v) is 6.79. The average molecular weight is 334 g/mol. The monoisotopic (exact) mass is 334 g/mol. The summed E-state index contributed by atoms with van der Waals surface area (Å²) in [6, 6.07) is 10.3. The van der Waals surface area contributed by atoms with Crippen LogP contribution in [0.2, 0.25) is 0 Å². The van der Waals surface area contributed by atoms with Gasteiger partial charge in [0.2, 0.25) is 0 Å². The number of pyridine rings is 1. The van der Waals surface area contributed by atoms with Gasteiger partial charge in [0.05, 0.1) is 0 Å². The predicted molar refractivity (Wildman–Crippen MR) is 99.8 cm³/mol. The van der Waals surface area contributed by atoms with Gasteiger partial charge in [-0.25, -0.2) is 4.98 Å². The van der Waals surface area contributed by atoms with Crippen molar-refractivity contribution in [2.24, 2.45) is 0 Å². The second kappa shape index (κ2) is 6.24. The molecule has 1 aliphatic rings. The summed E-state index contributed by atoms with van der Waals surface area (Å²) in [5.41, 5.74) is 5.49. The molecule has 1 fully saturated rings. The Morgan fingerprint density at radius 2 is 2.08 bits per heavy atom. The predicted octanol–water partition coefficient (Wildman–Crippen LogP) is 3.68. The molecule has 0 radical (unpaired) electrons. The van der Waals surface area contributed by atoms with Crippen LogP contribution in [0.5, 0.6) is 0 Å². The number of aromatic nitrogens is 2. The number of hydrogen-bond acceptors (Lipinski definition) is 3. The number of rotatable bonds is 5. The summed E-state index contributed by atoms with van der Waals surface area (Å²) >= 11 is 0. The lowest BCUT2D eigenvalue weighted by Gasteiger charge is -2.08. The first-order valence-corrected chi connectivity index (χ1v) is 8.69. The number of fused-ring (bicyclic) bond motifs is 1. The molecule has 1 aromatic carbocycles. The van der Waals surface area contributed by atoms with Gasteiger partial charge in [-0.05, 0) is 62.1 Å². The molecule has 3 N–H and O–H groups in total. The summed E-state index contributed by atoms with van der Waals surface area (Å²) in [5, 5.41) is 7.57. The summed E-state index contributed by atoms with van der Waals surface area (Å²) in [6.07, 6.45) is 3.85. The van der Waals surface area contributed by atoms with Gasteiger partial charge < -0.3 is 15.6 Å². The Hall–Kier alpha value is -2.82. The highest BCUT2D eigenvalue weighted by atomic mass is 16.1. The van der Waals surface area contributed by atoms with Gasteiger partial charge in [0, 0.05) is 40.9 Å². The number of amides is 1. The highest BCUT2D eigenvalue weighted by Gasteiger charge is 2.23. The second-order valence-electron chi connectivity index (χ2n) is 6.79. The highest BCUT2D eigenvalue weighted by molar-refractivity contribution is 5.95. The van der Waals surface area contributed by atoms with E-state index in [1.165, 1.54) is 22.2 Å². The van der Waals surface area contributed by atoms with Crippen molar-refractivity contribution in [1.29, 1.82) is 0 Å². The number of carbonyl (C=O) groups is 1. The molecular formula is C20H22N4O. The minimum absolute atomic E-state index is 0.0206. The number of aromatic amines is 1. The maximum Gasteiger partial charge on any atom is 0.251 e. The minimum Gasteiger partial charge on any atom is -0.366 e. The summed E-state index contributed by atoms with van der Waals surface area (Å²) in [4.78, 5) is 19.8. The zero-order chi connectivity index (χ0) is 17.4. The van der Waals surface area contributed by atoms with E-state index < -0.39 is 0 Å². The van der Waals surface area contributed by atoms with Crippen LogP contribution in [0.1, 0.15) is 40.0 Å². The number of carbonyl (C=O) groups excluding carboxylic acids is 1. The Morgan fingerprint density at radius 1 is 1.24 bits per heavy atom. The van der Waals surface area contributed by atoms with E-state index in [-0.39, 0.29) is 5.91 Å². The summed E-state index contributed by atoms with van der Waals surface area (Å²) in [6.45, 7) is 4.89. The lowest BCUT2D eigenvalue weighted by molar-refractivity contribution is 0.0951. The molecule has 1 amide bonds. The van der Waals surface area contributed by atoms with E-state index in [0.29, 0.717) is 24.0 Å². The Kier molecular flexibility index (Phi) is 3.92. The molecule has 5 heteroatoms. The molecule has 0 saturated heterocycles. The van der Waals surface area contributed by atoms with Crippen LogP contribution in [0.3, 0.4) is 0 Å². The Bertz CT molecular complexity index is 940. The third-order valence-corrected chi connectivity index (χ3v) is 4.78. The van der Waals surface area contributed by atoms with E-state index in [0.717, 1.165) is 18.4 Å². The topological polar surface area (TPSA) is 69.8 Å². The number of nitrogens with zero attached hydrogens (tertiary/aromatic N) is 1. The average Bonchev–Trinajstić information content (AvgIpc) is 3.39. The van der Waals surface area contributed by atoms with Crippen molar-refractivity contribution in [1.82, 2.24) is 15.3 Å². The molecule has 0 atom stereocenters. The fourth-order valence-electron chi connectivity index (χ4n) is 2.98. The molecule has 0 spiro atoms. The van der Waals surface area contributed by atoms with Gasteiger partial charge in [-0.1, -0.05) is 6.07 Å². The number of aryl methyl sites for hydroxylation is 2.